The molecule has 1 heterocycles. The lowest BCUT2D eigenvalue weighted by atomic mass is 10.0. The first-order valence-corrected chi connectivity index (χ1v) is 6.20. The van der Waals surface area contributed by atoms with Crippen molar-refractivity contribution in [3.05, 3.63) is 40.3 Å². The molecular formula is C14H16N2O2. The summed E-state index contributed by atoms with van der Waals surface area (Å²) in [7, 11) is 0. The number of carbonyl (C=O) groups excluding carboxylic acids is 1. The molecule has 0 unspecified atom stereocenters. The molecule has 0 radical (unpaired) electrons. The van der Waals surface area contributed by atoms with Gasteiger partial charge in [-0.1, -0.05) is 31.5 Å². The molecule has 1 aromatic carbocycles. The summed E-state index contributed by atoms with van der Waals surface area (Å²) in [5.41, 5.74) is 0.446. The Hall–Kier alpha value is -1.97. The average molecular weight is 244 g/mol. The van der Waals surface area contributed by atoms with Crippen LogP contribution in [0.4, 0.5) is 0 Å². The number of hydrogen-bond acceptors (Lipinski definition) is 3. The van der Waals surface area contributed by atoms with Crippen molar-refractivity contribution in [2.24, 2.45) is 0 Å². The minimum absolute atomic E-state index is 0.168. The SMILES string of the molecule is CCCCC(=O)Cc1n[nH]c(=O)c2ccccc12. The van der Waals surface area contributed by atoms with Crippen LogP contribution in [0.2, 0.25) is 0 Å². The summed E-state index contributed by atoms with van der Waals surface area (Å²) in [5.74, 6) is 0.168. The van der Waals surface area contributed by atoms with E-state index in [9.17, 15) is 9.59 Å². The van der Waals surface area contributed by atoms with Gasteiger partial charge >= 0.3 is 0 Å². The van der Waals surface area contributed by atoms with Gasteiger partial charge in [0.2, 0.25) is 0 Å². The van der Waals surface area contributed by atoms with Crippen LogP contribution in [0.5, 0.6) is 0 Å². The Kier molecular flexibility index (Phi) is 3.87. The second-order valence-corrected chi connectivity index (χ2v) is 4.36. The Bertz CT molecular complexity index is 616. The zero-order valence-corrected chi connectivity index (χ0v) is 10.4. The van der Waals surface area contributed by atoms with Gasteiger partial charge in [0.1, 0.15) is 5.78 Å². The van der Waals surface area contributed by atoms with E-state index in [1.807, 2.05) is 12.1 Å². The fourth-order valence-electron chi connectivity index (χ4n) is 1.96. The third kappa shape index (κ3) is 2.64. The average Bonchev–Trinajstić information content (AvgIpc) is 2.40. The molecule has 4 heteroatoms. The lowest BCUT2D eigenvalue weighted by Gasteiger charge is -2.03. The Labute approximate surface area is 105 Å². The molecule has 2 aromatic rings. The van der Waals surface area contributed by atoms with Gasteiger partial charge < -0.3 is 0 Å². The predicted octanol–water partition coefficient (Wildman–Crippen LogP) is 2.22. The van der Waals surface area contributed by atoms with E-state index in [0.29, 0.717) is 17.5 Å². The molecule has 0 bridgehead atoms. The monoisotopic (exact) mass is 244 g/mol. The number of aromatic amines is 1. The molecule has 0 spiro atoms. The summed E-state index contributed by atoms with van der Waals surface area (Å²) < 4.78 is 0. The van der Waals surface area contributed by atoms with Crippen molar-refractivity contribution < 1.29 is 4.79 Å². The normalized spacial score (nSPS) is 10.7. The van der Waals surface area contributed by atoms with Gasteiger partial charge in [0, 0.05) is 11.8 Å². The number of benzene rings is 1. The smallest absolute Gasteiger partial charge is 0.272 e. The van der Waals surface area contributed by atoms with Crippen LogP contribution in [-0.2, 0) is 11.2 Å². The first-order valence-electron chi connectivity index (χ1n) is 6.20. The third-order valence-corrected chi connectivity index (χ3v) is 2.95. The summed E-state index contributed by atoms with van der Waals surface area (Å²) >= 11 is 0. The molecule has 4 nitrogen and oxygen atoms in total. The van der Waals surface area contributed by atoms with Crippen LogP contribution in [0.15, 0.2) is 29.1 Å². The highest BCUT2D eigenvalue weighted by Gasteiger charge is 2.09. The maximum Gasteiger partial charge on any atom is 0.272 e. The number of aromatic nitrogens is 2. The highest BCUT2D eigenvalue weighted by Crippen LogP contribution is 2.13. The van der Waals surface area contributed by atoms with Crippen LogP contribution in [0, 0.1) is 0 Å². The van der Waals surface area contributed by atoms with Crippen LogP contribution >= 0.6 is 0 Å². The molecule has 0 saturated carbocycles. The molecule has 0 aliphatic carbocycles. The minimum atomic E-state index is -0.213. The van der Waals surface area contributed by atoms with E-state index in [1.165, 1.54) is 0 Å². The number of unbranched alkanes of at least 4 members (excludes halogenated alkanes) is 1. The van der Waals surface area contributed by atoms with Gasteiger partial charge in [-0.25, -0.2) is 5.10 Å². The minimum Gasteiger partial charge on any atom is -0.299 e. The van der Waals surface area contributed by atoms with Gasteiger partial charge in [-0.15, -0.1) is 0 Å². The van der Waals surface area contributed by atoms with E-state index in [1.54, 1.807) is 12.1 Å². The molecule has 1 aromatic heterocycles. The predicted molar refractivity (Wildman–Crippen MR) is 70.6 cm³/mol. The number of nitrogens with zero attached hydrogens (tertiary/aromatic N) is 1. The van der Waals surface area contributed by atoms with Gasteiger partial charge in [-0.2, -0.15) is 5.10 Å². The molecular weight excluding hydrogens is 228 g/mol. The van der Waals surface area contributed by atoms with Crippen molar-refractivity contribution in [3.63, 3.8) is 0 Å². The Morgan fingerprint density at radius 2 is 2.00 bits per heavy atom. The summed E-state index contributed by atoms with van der Waals surface area (Å²) in [6, 6.07) is 7.24. The van der Waals surface area contributed by atoms with E-state index in [4.69, 9.17) is 0 Å². The topological polar surface area (TPSA) is 62.8 Å². The van der Waals surface area contributed by atoms with Crippen LogP contribution in [0.1, 0.15) is 31.9 Å². The fourth-order valence-corrected chi connectivity index (χ4v) is 1.96. The Morgan fingerprint density at radius 3 is 2.72 bits per heavy atom. The number of hydrogen-bond donors (Lipinski definition) is 1. The van der Waals surface area contributed by atoms with Crippen molar-refractivity contribution in [2.75, 3.05) is 0 Å². The summed E-state index contributed by atoms with van der Waals surface area (Å²) in [6.07, 6.45) is 2.77. The van der Waals surface area contributed by atoms with E-state index in [0.717, 1.165) is 18.2 Å². The van der Waals surface area contributed by atoms with E-state index < -0.39 is 0 Å². The first-order chi connectivity index (χ1) is 8.72. The molecule has 0 aliphatic heterocycles. The summed E-state index contributed by atoms with van der Waals surface area (Å²) in [5, 5.41) is 7.80. The van der Waals surface area contributed by atoms with Crippen molar-refractivity contribution in [1.29, 1.82) is 0 Å². The summed E-state index contributed by atoms with van der Waals surface area (Å²) in [6.45, 7) is 2.06. The molecule has 0 amide bonds. The Morgan fingerprint density at radius 1 is 1.28 bits per heavy atom. The van der Waals surface area contributed by atoms with E-state index >= 15 is 0 Å². The molecule has 2 rings (SSSR count). The van der Waals surface area contributed by atoms with E-state index in [2.05, 4.69) is 17.1 Å². The molecule has 0 atom stereocenters. The molecule has 18 heavy (non-hydrogen) atoms. The van der Waals surface area contributed by atoms with Gasteiger partial charge in [0.15, 0.2) is 0 Å². The summed E-state index contributed by atoms with van der Waals surface area (Å²) in [4.78, 5) is 23.4. The number of H-pyrrole nitrogens is 1. The number of carbonyl (C=O) groups is 1. The maximum absolute atomic E-state index is 11.8. The van der Waals surface area contributed by atoms with Crippen molar-refractivity contribution in [2.45, 2.75) is 32.6 Å². The maximum atomic E-state index is 11.8. The van der Waals surface area contributed by atoms with Gasteiger partial charge in [-0.3, -0.25) is 9.59 Å². The zero-order chi connectivity index (χ0) is 13.0. The molecule has 0 saturated heterocycles. The van der Waals surface area contributed by atoms with Crippen molar-refractivity contribution in [1.82, 2.24) is 10.2 Å². The largest absolute Gasteiger partial charge is 0.299 e. The molecule has 94 valence electrons. The number of nitrogens with one attached hydrogen (secondary N) is 1. The number of rotatable bonds is 5. The second-order valence-electron chi connectivity index (χ2n) is 4.36. The number of Topliss-reactive ketones (excluding diaryl/α,β-unsaturated/α-hetero) is 1. The lowest BCUT2D eigenvalue weighted by molar-refractivity contribution is -0.118. The number of ketones is 1. The molecule has 1 N–H and O–H groups in total. The van der Waals surface area contributed by atoms with Crippen molar-refractivity contribution >= 4 is 16.6 Å². The van der Waals surface area contributed by atoms with Crippen LogP contribution in [-0.4, -0.2) is 16.0 Å². The van der Waals surface area contributed by atoms with Crippen LogP contribution in [0.25, 0.3) is 10.8 Å². The van der Waals surface area contributed by atoms with Crippen LogP contribution < -0.4 is 5.56 Å². The van der Waals surface area contributed by atoms with Crippen LogP contribution in [0.3, 0.4) is 0 Å². The fraction of sp³-hybridized carbons (Fsp3) is 0.357. The van der Waals surface area contributed by atoms with Gasteiger partial charge in [0.25, 0.3) is 5.56 Å². The van der Waals surface area contributed by atoms with E-state index in [-0.39, 0.29) is 17.8 Å². The third-order valence-electron chi connectivity index (χ3n) is 2.95. The zero-order valence-electron chi connectivity index (χ0n) is 10.4. The standard InChI is InChI=1S/C14H16N2O2/c1-2-3-6-10(17)9-13-11-7-4-5-8-12(11)14(18)16-15-13/h4-5,7-8H,2-3,6,9H2,1H3,(H,16,18). The quantitative estimate of drug-likeness (QED) is 0.877. The highest BCUT2D eigenvalue weighted by atomic mass is 16.1. The first kappa shape index (κ1) is 12.5. The highest BCUT2D eigenvalue weighted by molar-refractivity contribution is 5.88. The Balaban J connectivity index is 2.32. The molecule has 0 aliphatic rings. The lowest BCUT2D eigenvalue weighted by Crippen LogP contribution is -2.13. The van der Waals surface area contributed by atoms with Gasteiger partial charge in [-0.05, 0) is 12.5 Å². The molecule has 0 fully saturated rings. The number of fused-ring (bicyclic) bond motifs is 1. The second kappa shape index (κ2) is 5.58. The van der Waals surface area contributed by atoms with Crippen molar-refractivity contribution in [3.8, 4) is 0 Å². The van der Waals surface area contributed by atoms with Gasteiger partial charge in [0.05, 0.1) is 17.5 Å².